The van der Waals surface area contributed by atoms with Crippen molar-refractivity contribution >= 4 is 33.5 Å². The second kappa shape index (κ2) is 9.97. The Morgan fingerprint density at radius 3 is 2.35 bits per heavy atom. The predicted octanol–water partition coefficient (Wildman–Crippen LogP) is 4.81. The number of benzene rings is 2. The number of hydrogen-bond donors (Lipinski definition) is 1. The Kier molecular flexibility index (Phi) is 7.66. The molecule has 1 atom stereocenters. The first-order valence-corrected chi connectivity index (χ1v) is 9.29. The third-order valence-electron chi connectivity index (χ3n) is 3.61. The van der Waals surface area contributed by atoms with Crippen LogP contribution in [0.25, 0.3) is 0 Å². The fourth-order valence-electron chi connectivity index (χ4n) is 2.10. The van der Waals surface area contributed by atoms with Gasteiger partial charge in [0, 0.05) is 10.2 Å². The summed E-state index contributed by atoms with van der Waals surface area (Å²) in [5.74, 6) is -0.0181. The number of unbranched alkanes of at least 4 members (excludes halogenated alkanes) is 1. The van der Waals surface area contributed by atoms with Crippen LogP contribution in [0.3, 0.4) is 0 Å². The normalized spacial score (nSPS) is 11.5. The van der Waals surface area contributed by atoms with E-state index in [1.54, 1.807) is 43.3 Å². The number of carbonyl (C=O) groups is 2. The van der Waals surface area contributed by atoms with Crippen molar-refractivity contribution in [3.8, 4) is 5.75 Å². The maximum atomic E-state index is 12.2. The van der Waals surface area contributed by atoms with Crippen molar-refractivity contribution in [1.29, 1.82) is 0 Å². The minimum absolute atomic E-state index is 0.272. The Balaban J connectivity index is 1.88. The molecule has 2 aromatic rings. The van der Waals surface area contributed by atoms with E-state index in [0.29, 0.717) is 23.6 Å². The SMILES string of the molecule is CCCCOC(=O)c1ccc(NC(=O)[C@@H](C)Oc2ccc(Br)cc2)cc1. The number of rotatable bonds is 8. The zero-order valence-electron chi connectivity index (χ0n) is 14.8. The van der Waals surface area contributed by atoms with Gasteiger partial charge in [0.15, 0.2) is 6.10 Å². The Morgan fingerprint density at radius 1 is 1.08 bits per heavy atom. The van der Waals surface area contributed by atoms with Gasteiger partial charge in [0.1, 0.15) is 5.75 Å². The fraction of sp³-hybridized carbons (Fsp3) is 0.300. The van der Waals surface area contributed by atoms with Gasteiger partial charge in [-0.25, -0.2) is 4.79 Å². The third-order valence-corrected chi connectivity index (χ3v) is 4.14. The molecular formula is C20H22BrNO4. The van der Waals surface area contributed by atoms with E-state index in [2.05, 4.69) is 21.2 Å². The van der Waals surface area contributed by atoms with E-state index < -0.39 is 6.10 Å². The first-order chi connectivity index (χ1) is 12.5. The van der Waals surface area contributed by atoms with Crippen LogP contribution in [0.15, 0.2) is 53.0 Å². The van der Waals surface area contributed by atoms with Gasteiger partial charge in [-0.15, -0.1) is 0 Å². The van der Waals surface area contributed by atoms with Gasteiger partial charge in [0.2, 0.25) is 0 Å². The van der Waals surface area contributed by atoms with E-state index in [0.717, 1.165) is 17.3 Å². The zero-order chi connectivity index (χ0) is 18.9. The number of anilines is 1. The molecule has 2 aromatic carbocycles. The molecule has 0 aliphatic heterocycles. The van der Waals surface area contributed by atoms with E-state index in [-0.39, 0.29) is 11.9 Å². The van der Waals surface area contributed by atoms with Crippen molar-refractivity contribution in [2.75, 3.05) is 11.9 Å². The van der Waals surface area contributed by atoms with Crippen molar-refractivity contribution in [3.05, 3.63) is 58.6 Å². The van der Waals surface area contributed by atoms with Gasteiger partial charge in [-0.1, -0.05) is 29.3 Å². The molecule has 0 radical (unpaired) electrons. The van der Waals surface area contributed by atoms with Crippen LogP contribution in [0.4, 0.5) is 5.69 Å². The number of amides is 1. The Labute approximate surface area is 161 Å². The number of esters is 1. The van der Waals surface area contributed by atoms with Crippen LogP contribution in [0.1, 0.15) is 37.0 Å². The van der Waals surface area contributed by atoms with Crippen LogP contribution in [-0.4, -0.2) is 24.6 Å². The summed E-state index contributed by atoms with van der Waals surface area (Å²) in [6, 6.07) is 13.9. The number of hydrogen-bond acceptors (Lipinski definition) is 4. The molecule has 0 aromatic heterocycles. The summed E-state index contributed by atoms with van der Waals surface area (Å²) in [4.78, 5) is 24.1. The maximum absolute atomic E-state index is 12.2. The summed E-state index contributed by atoms with van der Waals surface area (Å²) in [5.41, 5.74) is 1.05. The van der Waals surface area contributed by atoms with Crippen molar-refractivity contribution in [2.24, 2.45) is 0 Å². The van der Waals surface area contributed by atoms with Crippen molar-refractivity contribution < 1.29 is 19.1 Å². The molecule has 26 heavy (non-hydrogen) atoms. The van der Waals surface area contributed by atoms with E-state index in [1.807, 2.05) is 19.1 Å². The molecule has 138 valence electrons. The molecule has 0 aliphatic rings. The van der Waals surface area contributed by atoms with Gasteiger partial charge < -0.3 is 14.8 Å². The highest BCUT2D eigenvalue weighted by molar-refractivity contribution is 9.10. The number of ether oxygens (including phenoxy) is 2. The summed E-state index contributed by atoms with van der Waals surface area (Å²) in [6.45, 7) is 4.13. The van der Waals surface area contributed by atoms with Gasteiger partial charge in [0.25, 0.3) is 5.91 Å². The van der Waals surface area contributed by atoms with Crippen LogP contribution in [0, 0.1) is 0 Å². The van der Waals surface area contributed by atoms with Gasteiger partial charge in [0.05, 0.1) is 12.2 Å². The number of nitrogens with one attached hydrogen (secondary N) is 1. The lowest BCUT2D eigenvalue weighted by atomic mass is 10.2. The minimum Gasteiger partial charge on any atom is -0.481 e. The molecule has 0 spiro atoms. The molecule has 1 N–H and O–H groups in total. The first-order valence-electron chi connectivity index (χ1n) is 8.50. The molecule has 5 nitrogen and oxygen atoms in total. The lowest BCUT2D eigenvalue weighted by Crippen LogP contribution is -2.30. The minimum atomic E-state index is -0.658. The van der Waals surface area contributed by atoms with Gasteiger partial charge in [-0.3, -0.25) is 4.79 Å². The quantitative estimate of drug-likeness (QED) is 0.492. The lowest BCUT2D eigenvalue weighted by molar-refractivity contribution is -0.122. The van der Waals surface area contributed by atoms with E-state index in [1.165, 1.54) is 0 Å². The average Bonchev–Trinajstić information content (AvgIpc) is 2.64. The maximum Gasteiger partial charge on any atom is 0.338 e. The molecule has 1 amide bonds. The first kappa shape index (κ1) is 20.0. The predicted molar refractivity (Wildman–Crippen MR) is 104 cm³/mol. The Bertz CT molecular complexity index is 728. The van der Waals surface area contributed by atoms with Crippen molar-refractivity contribution in [3.63, 3.8) is 0 Å². The van der Waals surface area contributed by atoms with Crippen LogP contribution >= 0.6 is 15.9 Å². The summed E-state index contributed by atoms with van der Waals surface area (Å²) in [7, 11) is 0. The highest BCUT2D eigenvalue weighted by Gasteiger charge is 2.15. The summed E-state index contributed by atoms with van der Waals surface area (Å²) >= 11 is 3.35. The van der Waals surface area contributed by atoms with Crippen LogP contribution < -0.4 is 10.1 Å². The molecular weight excluding hydrogens is 398 g/mol. The van der Waals surface area contributed by atoms with E-state index in [9.17, 15) is 9.59 Å². The van der Waals surface area contributed by atoms with Crippen LogP contribution in [0.2, 0.25) is 0 Å². The second-order valence-electron chi connectivity index (χ2n) is 5.77. The Hall–Kier alpha value is -2.34. The average molecular weight is 420 g/mol. The van der Waals surface area contributed by atoms with Gasteiger partial charge in [-0.2, -0.15) is 0 Å². The van der Waals surface area contributed by atoms with E-state index >= 15 is 0 Å². The second-order valence-corrected chi connectivity index (χ2v) is 6.69. The fourth-order valence-corrected chi connectivity index (χ4v) is 2.36. The molecule has 2 rings (SSSR count). The molecule has 0 unspecified atom stereocenters. The van der Waals surface area contributed by atoms with Gasteiger partial charge in [-0.05, 0) is 61.9 Å². The molecule has 0 fully saturated rings. The molecule has 6 heteroatoms. The molecule has 0 aliphatic carbocycles. The van der Waals surface area contributed by atoms with Gasteiger partial charge >= 0.3 is 5.97 Å². The molecule has 0 heterocycles. The lowest BCUT2D eigenvalue weighted by Gasteiger charge is -2.15. The van der Waals surface area contributed by atoms with Crippen molar-refractivity contribution in [2.45, 2.75) is 32.8 Å². The summed E-state index contributed by atoms with van der Waals surface area (Å²) < 4.78 is 11.7. The highest BCUT2D eigenvalue weighted by atomic mass is 79.9. The number of halogens is 1. The topological polar surface area (TPSA) is 64.6 Å². The summed E-state index contributed by atoms with van der Waals surface area (Å²) in [6.07, 6.45) is 1.16. The van der Waals surface area contributed by atoms with Crippen molar-refractivity contribution in [1.82, 2.24) is 0 Å². The smallest absolute Gasteiger partial charge is 0.338 e. The molecule has 0 bridgehead atoms. The summed E-state index contributed by atoms with van der Waals surface area (Å²) in [5, 5.41) is 2.77. The standard InChI is InChI=1S/C20H22BrNO4/c1-3-4-13-25-20(24)15-5-9-17(10-6-15)22-19(23)14(2)26-18-11-7-16(21)8-12-18/h5-12,14H,3-4,13H2,1-2H3,(H,22,23)/t14-/m1/s1. The molecule has 0 saturated carbocycles. The monoisotopic (exact) mass is 419 g/mol. The van der Waals surface area contributed by atoms with Crippen LogP contribution in [0.5, 0.6) is 5.75 Å². The highest BCUT2D eigenvalue weighted by Crippen LogP contribution is 2.18. The number of carbonyl (C=O) groups excluding carboxylic acids is 2. The molecule has 0 saturated heterocycles. The Morgan fingerprint density at radius 2 is 1.73 bits per heavy atom. The zero-order valence-corrected chi connectivity index (χ0v) is 16.4. The van der Waals surface area contributed by atoms with E-state index in [4.69, 9.17) is 9.47 Å². The largest absolute Gasteiger partial charge is 0.481 e. The third kappa shape index (κ3) is 6.19. The van der Waals surface area contributed by atoms with Crippen LogP contribution in [-0.2, 0) is 9.53 Å².